The number of thiazole rings is 1. The monoisotopic (exact) mass is 723 g/mol. The second-order valence-corrected chi connectivity index (χ2v) is 15.1. The molecule has 3 aromatic rings. The summed E-state index contributed by atoms with van der Waals surface area (Å²) in [5.41, 5.74) is 9.54. The molecule has 0 bridgehead atoms. The van der Waals surface area contributed by atoms with E-state index in [0.717, 1.165) is 21.7 Å². The number of carbonyl (C=O) groups is 4. The minimum Gasteiger partial charge on any atom is -0.491 e. The van der Waals surface area contributed by atoms with Crippen LogP contribution in [0.25, 0.3) is 10.4 Å². The van der Waals surface area contributed by atoms with Crippen LogP contribution in [0.3, 0.4) is 0 Å². The zero-order valence-electron chi connectivity index (χ0n) is 30.0. The normalized spacial score (nSPS) is 17.1. The van der Waals surface area contributed by atoms with Crippen LogP contribution in [0.2, 0.25) is 0 Å². The molecule has 11 nitrogen and oxygen atoms in total. The van der Waals surface area contributed by atoms with E-state index in [1.165, 1.54) is 11.0 Å². The summed E-state index contributed by atoms with van der Waals surface area (Å²) < 4.78 is 20.6. The third-order valence-corrected chi connectivity index (χ3v) is 10.0. The number of primary amides is 1. The first-order chi connectivity index (χ1) is 24.1. The lowest BCUT2D eigenvalue weighted by atomic mass is 9.85. The van der Waals surface area contributed by atoms with Crippen molar-refractivity contribution in [3.05, 3.63) is 70.6 Å². The van der Waals surface area contributed by atoms with E-state index in [2.05, 4.69) is 15.6 Å². The van der Waals surface area contributed by atoms with Crippen LogP contribution in [0.4, 0.5) is 4.39 Å². The molecule has 0 unspecified atom stereocenters. The molecule has 1 aromatic heterocycles. The number of halogens is 1. The van der Waals surface area contributed by atoms with Gasteiger partial charge in [0.25, 0.3) is 0 Å². The number of hydrogen-bond acceptors (Lipinski definition) is 8. The molecule has 2 heterocycles. The van der Waals surface area contributed by atoms with E-state index in [-0.39, 0.29) is 62.4 Å². The summed E-state index contributed by atoms with van der Waals surface area (Å²) >= 11 is 1.57. The Hall–Kier alpha value is -4.36. The first-order valence-electron chi connectivity index (χ1n) is 17.4. The average molecular weight is 724 g/mol. The predicted molar refractivity (Wildman–Crippen MR) is 194 cm³/mol. The topological polar surface area (TPSA) is 164 Å². The summed E-state index contributed by atoms with van der Waals surface area (Å²) in [5.74, 6) is -1.99. The Bertz CT molecular complexity index is 1670. The minimum atomic E-state index is -0.964. The summed E-state index contributed by atoms with van der Waals surface area (Å²) in [5, 5.41) is 16.4. The highest BCUT2D eigenvalue weighted by Gasteiger charge is 2.44. The molecule has 4 amide bonds. The fourth-order valence-electron chi connectivity index (χ4n) is 6.13. The third-order valence-electron chi connectivity index (χ3n) is 9.03. The van der Waals surface area contributed by atoms with Crippen LogP contribution in [0.5, 0.6) is 5.75 Å². The maximum Gasteiger partial charge on any atom is 0.246 e. The number of rotatable bonds is 16. The fourth-order valence-corrected chi connectivity index (χ4v) is 6.94. The van der Waals surface area contributed by atoms with Gasteiger partial charge in [0.15, 0.2) is 11.6 Å². The lowest BCUT2D eigenvalue weighted by Gasteiger charge is -2.35. The van der Waals surface area contributed by atoms with Gasteiger partial charge in [-0.3, -0.25) is 19.2 Å². The number of β-amino-alcohol motifs (C(OH)–C–C–N with tert-alkyl or cyclic N) is 1. The lowest BCUT2D eigenvalue weighted by Crippen LogP contribution is -2.57. The average Bonchev–Trinajstić information content (AvgIpc) is 3.69. The number of aromatic nitrogens is 1. The quantitative estimate of drug-likeness (QED) is 0.151. The van der Waals surface area contributed by atoms with Crippen LogP contribution in [0, 0.1) is 18.2 Å². The molecule has 13 heteroatoms. The second-order valence-electron chi connectivity index (χ2n) is 14.2. The Morgan fingerprint density at radius 3 is 2.45 bits per heavy atom. The number of amides is 4. The first kappa shape index (κ1) is 39.4. The highest BCUT2D eigenvalue weighted by atomic mass is 32.1. The van der Waals surface area contributed by atoms with Gasteiger partial charge in [0.05, 0.1) is 34.8 Å². The molecule has 1 saturated heterocycles. The summed E-state index contributed by atoms with van der Waals surface area (Å²) in [6.07, 6.45) is 1.20. The number of benzene rings is 2. The molecule has 0 saturated carbocycles. The van der Waals surface area contributed by atoms with Gasteiger partial charge in [0.1, 0.15) is 12.1 Å². The van der Waals surface area contributed by atoms with Gasteiger partial charge in [0.2, 0.25) is 23.6 Å². The van der Waals surface area contributed by atoms with Crippen LogP contribution in [0.1, 0.15) is 89.1 Å². The molecule has 0 spiro atoms. The summed E-state index contributed by atoms with van der Waals surface area (Å²) in [4.78, 5) is 58.3. The summed E-state index contributed by atoms with van der Waals surface area (Å²) in [6.45, 7) is 9.52. The van der Waals surface area contributed by atoms with Gasteiger partial charge in [-0.05, 0) is 67.7 Å². The van der Waals surface area contributed by atoms with Crippen molar-refractivity contribution < 1.29 is 33.4 Å². The van der Waals surface area contributed by atoms with E-state index < -0.39 is 41.2 Å². The number of carbonyl (C=O) groups excluding carboxylic acids is 4. The number of nitrogens with zero attached hydrogens (tertiary/aromatic N) is 2. The minimum absolute atomic E-state index is 0.0283. The Morgan fingerprint density at radius 2 is 1.80 bits per heavy atom. The fraction of sp³-hybridized carbons (Fsp3) is 0.500. The van der Waals surface area contributed by atoms with Crippen LogP contribution >= 0.6 is 11.3 Å². The van der Waals surface area contributed by atoms with Crippen molar-refractivity contribution in [2.75, 3.05) is 13.2 Å². The number of aliphatic hydroxyl groups excluding tert-OH is 1. The molecule has 0 radical (unpaired) electrons. The molecular weight excluding hydrogens is 674 g/mol. The zero-order valence-corrected chi connectivity index (χ0v) is 30.9. The Labute approximate surface area is 303 Å². The van der Waals surface area contributed by atoms with Crippen molar-refractivity contribution in [2.45, 2.75) is 104 Å². The van der Waals surface area contributed by atoms with Crippen molar-refractivity contribution in [3.8, 4) is 16.2 Å². The van der Waals surface area contributed by atoms with Crippen molar-refractivity contribution >= 4 is 35.0 Å². The van der Waals surface area contributed by atoms with Crippen molar-refractivity contribution in [2.24, 2.45) is 11.1 Å². The van der Waals surface area contributed by atoms with E-state index in [0.29, 0.717) is 24.8 Å². The van der Waals surface area contributed by atoms with Gasteiger partial charge in [-0.2, -0.15) is 0 Å². The number of nitrogens with two attached hydrogens (primary N) is 1. The molecule has 276 valence electrons. The number of nitrogens with one attached hydrogen (secondary N) is 2. The highest BCUT2D eigenvalue weighted by molar-refractivity contribution is 7.13. The SMILES string of the molecule is Cc1ncsc1-c1ccc([C@H](C)NC(=O)[C@@H]2C[C@@H](O)CN2C(=O)[C@@H](NC(=O)CCCc2cccc(OCCCCC(N)=O)c2F)C(C)(C)C)cc1. The number of ether oxygens (including phenoxy) is 1. The molecule has 1 fully saturated rings. The van der Waals surface area contributed by atoms with Gasteiger partial charge in [-0.25, -0.2) is 9.37 Å². The van der Waals surface area contributed by atoms with Gasteiger partial charge >= 0.3 is 0 Å². The highest BCUT2D eigenvalue weighted by Crippen LogP contribution is 2.30. The van der Waals surface area contributed by atoms with Crippen LogP contribution in [-0.2, 0) is 25.6 Å². The molecule has 0 aliphatic carbocycles. The Balaban J connectivity index is 1.33. The van der Waals surface area contributed by atoms with Crippen molar-refractivity contribution in [1.29, 1.82) is 0 Å². The molecular formula is C38H50FN5O6S. The standard InChI is InChI=1S/C38H50FN5O6S/c1-23(25-15-17-27(18-16-25)34-24(2)41-22-51-34)42-36(48)29-20-28(45)21-44(29)37(49)35(38(3,4)5)43-32(47)14-9-11-26-10-8-12-30(33(26)39)50-19-7-6-13-31(40)46/h8,10,12,15-18,22-23,28-29,35,45H,6-7,9,11,13-14,19-21H2,1-5H3,(H2,40,46)(H,42,48)(H,43,47)/t23-,28+,29-,35+/m0/s1. The molecule has 2 aromatic carbocycles. The number of unbranched alkanes of at least 4 members (excludes halogenated alkanes) is 1. The Morgan fingerprint density at radius 1 is 1.08 bits per heavy atom. The molecule has 5 N–H and O–H groups in total. The van der Waals surface area contributed by atoms with E-state index >= 15 is 4.39 Å². The summed E-state index contributed by atoms with van der Waals surface area (Å²) in [7, 11) is 0. The van der Waals surface area contributed by atoms with Crippen molar-refractivity contribution in [3.63, 3.8) is 0 Å². The maximum absolute atomic E-state index is 15.1. The predicted octanol–water partition coefficient (Wildman–Crippen LogP) is 4.98. The largest absolute Gasteiger partial charge is 0.491 e. The first-order valence-corrected chi connectivity index (χ1v) is 18.3. The Kier molecular flexibility index (Phi) is 13.7. The number of likely N-dealkylation sites (tertiary alicyclic amines) is 1. The smallest absolute Gasteiger partial charge is 0.246 e. The third kappa shape index (κ3) is 10.8. The lowest BCUT2D eigenvalue weighted by molar-refractivity contribution is -0.144. The molecule has 4 rings (SSSR count). The van der Waals surface area contributed by atoms with E-state index in [9.17, 15) is 24.3 Å². The molecule has 1 aliphatic heterocycles. The zero-order chi connectivity index (χ0) is 37.3. The second kappa shape index (κ2) is 17.7. The van der Waals surface area contributed by atoms with Crippen LogP contribution in [0.15, 0.2) is 48.0 Å². The van der Waals surface area contributed by atoms with Crippen LogP contribution in [-0.4, -0.2) is 70.0 Å². The van der Waals surface area contributed by atoms with E-state index in [4.69, 9.17) is 10.5 Å². The number of hydrogen-bond donors (Lipinski definition) is 4. The number of aryl methyl sites for hydroxylation is 2. The van der Waals surface area contributed by atoms with Gasteiger partial charge < -0.3 is 31.1 Å². The van der Waals surface area contributed by atoms with Gasteiger partial charge in [-0.1, -0.05) is 57.2 Å². The number of aliphatic hydroxyl groups is 1. The van der Waals surface area contributed by atoms with Gasteiger partial charge in [0, 0.05) is 25.8 Å². The van der Waals surface area contributed by atoms with Gasteiger partial charge in [-0.15, -0.1) is 11.3 Å². The molecule has 4 atom stereocenters. The summed E-state index contributed by atoms with van der Waals surface area (Å²) in [6, 6.07) is 10.5. The van der Waals surface area contributed by atoms with E-state index in [1.54, 1.807) is 29.0 Å². The molecule has 1 aliphatic rings. The maximum atomic E-state index is 15.1. The molecule has 51 heavy (non-hydrogen) atoms. The van der Waals surface area contributed by atoms with Crippen molar-refractivity contribution in [1.82, 2.24) is 20.5 Å². The van der Waals surface area contributed by atoms with Crippen LogP contribution < -0.4 is 21.1 Å². The van der Waals surface area contributed by atoms with E-state index in [1.807, 2.05) is 58.9 Å².